The van der Waals surface area contributed by atoms with Gasteiger partial charge in [-0.15, -0.1) is 0 Å². The number of carbonyl (C=O) groups excluding carboxylic acids is 1. The molecule has 0 spiro atoms. The van der Waals surface area contributed by atoms with Crippen molar-refractivity contribution < 1.29 is 14.6 Å². The molecule has 4 atom stereocenters. The Bertz CT molecular complexity index is 575. The number of amides is 1. The summed E-state index contributed by atoms with van der Waals surface area (Å²) in [7, 11) is 0. The van der Waals surface area contributed by atoms with Crippen molar-refractivity contribution in [1.29, 1.82) is 0 Å². The lowest BCUT2D eigenvalue weighted by Gasteiger charge is -2.47. The maximum atomic E-state index is 12.3. The van der Waals surface area contributed by atoms with Crippen molar-refractivity contribution >= 4 is 5.91 Å². The summed E-state index contributed by atoms with van der Waals surface area (Å²) in [5.74, 6) is 0.674. The Kier molecular flexibility index (Phi) is 6.48. The zero-order valence-electron chi connectivity index (χ0n) is 15.8. The smallest absolute Gasteiger partial charge is 0.222 e. The standard InChI is InChI=1S/C20H31N3O3/c1-14(2)20(25)22-16-8-9-17(26-15-7-6-10-21-13-15)19(24)18(16)23-11-4-3-5-12-23/h6-7,10,13-14,16-19,24H,3-5,8-9,11-12H2,1-2H3,(H,22,25)/t16-,17-,18+,19+/m1/s1. The molecule has 26 heavy (non-hydrogen) atoms. The first-order valence-electron chi connectivity index (χ1n) is 9.85. The average Bonchev–Trinajstić information content (AvgIpc) is 2.65. The first-order valence-corrected chi connectivity index (χ1v) is 9.85. The van der Waals surface area contributed by atoms with E-state index in [1.54, 1.807) is 12.4 Å². The van der Waals surface area contributed by atoms with Gasteiger partial charge in [-0.1, -0.05) is 20.3 Å². The monoisotopic (exact) mass is 361 g/mol. The van der Waals surface area contributed by atoms with Gasteiger partial charge in [-0.25, -0.2) is 0 Å². The normalized spacial score (nSPS) is 30.2. The van der Waals surface area contributed by atoms with Gasteiger partial charge in [0.25, 0.3) is 0 Å². The maximum absolute atomic E-state index is 12.3. The minimum atomic E-state index is -0.639. The number of carbonyl (C=O) groups is 1. The molecule has 1 aromatic heterocycles. The first kappa shape index (κ1) is 19.1. The van der Waals surface area contributed by atoms with Crippen LogP contribution in [-0.4, -0.2) is 58.3 Å². The number of hydrogen-bond donors (Lipinski definition) is 2. The number of aliphatic hydroxyl groups is 1. The number of ether oxygens (including phenoxy) is 1. The van der Waals surface area contributed by atoms with Crippen LogP contribution in [0.15, 0.2) is 24.5 Å². The predicted molar refractivity (Wildman–Crippen MR) is 99.9 cm³/mol. The number of hydrogen-bond acceptors (Lipinski definition) is 5. The Hall–Kier alpha value is -1.66. The molecular formula is C20H31N3O3. The quantitative estimate of drug-likeness (QED) is 0.839. The summed E-state index contributed by atoms with van der Waals surface area (Å²) in [4.78, 5) is 18.7. The Balaban J connectivity index is 1.74. The highest BCUT2D eigenvalue weighted by molar-refractivity contribution is 5.78. The van der Waals surface area contributed by atoms with Crippen LogP contribution in [0.25, 0.3) is 0 Å². The van der Waals surface area contributed by atoms with Gasteiger partial charge >= 0.3 is 0 Å². The molecule has 0 radical (unpaired) electrons. The van der Waals surface area contributed by atoms with E-state index in [9.17, 15) is 9.90 Å². The molecule has 0 unspecified atom stereocenters. The van der Waals surface area contributed by atoms with Gasteiger partial charge in [0.05, 0.1) is 12.2 Å². The van der Waals surface area contributed by atoms with Gasteiger partial charge in [-0.3, -0.25) is 14.7 Å². The third-order valence-electron chi connectivity index (χ3n) is 5.49. The maximum Gasteiger partial charge on any atom is 0.222 e. The lowest BCUT2D eigenvalue weighted by atomic mass is 9.83. The fraction of sp³-hybridized carbons (Fsp3) is 0.700. The van der Waals surface area contributed by atoms with Crippen molar-refractivity contribution in [1.82, 2.24) is 15.2 Å². The van der Waals surface area contributed by atoms with Crippen LogP contribution in [0.4, 0.5) is 0 Å². The van der Waals surface area contributed by atoms with Crippen LogP contribution in [0.3, 0.4) is 0 Å². The van der Waals surface area contributed by atoms with Crippen LogP contribution in [0.2, 0.25) is 0 Å². The van der Waals surface area contributed by atoms with E-state index in [1.807, 2.05) is 26.0 Å². The lowest BCUT2D eigenvalue weighted by molar-refractivity contribution is -0.128. The summed E-state index contributed by atoms with van der Waals surface area (Å²) in [5.41, 5.74) is 0. The summed E-state index contributed by atoms with van der Waals surface area (Å²) >= 11 is 0. The molecule has 1 saturated carbocycles. The zero-order chi connectivity index (χ0) is 18.5. The second-order valence-electron chi connectivity index (χ2n) is 7.77. The van der Waals surface area contributed by atoms with Crippen LogP contribution in [0.5, 0.6) is 5.75 Å². The molecule has 3 rings (SSSR count). The first-order chi connectivity index (χ1) is 12.6. The van der Waals surface area contributed by atoms with E-state index in [2.05, 4.69) is 15.2 Å². The van der Waals surface area contributed by atoms with Crippen LogP contribution in [0.1, 0.15) is 46.0 Å². The van der Waals surface area contributed by atoms with Crippen molar-refractivity contribution in [3.63, 3.8) is 0 Å². The van der Waals surface area contributed by atoms with Crippen LogP contribution in [0, 0.1) is 5.92 Å². The molecule has 1 aromatic rings. The fourth-order valence-electron chi connectivity index (χ4n) is 4.06. The number of nitrogens with one attached hydrogen (secondary N) is 1. The van der Waals surface area contributed by atoms with Gasteiger partial charge < -0.3 is 15.2 Å². The van der Waals surface area contributed by atoms with E-state index in [0.717, 1.165) is 32.4 Å². The van der Waals surface area contributed by atoms with E-state index in [-0.39, 0.29) is 30.0 Å². The molecule has 1 amide bonds. The molecule has 6 heteroatoms. The SMILES string of the molecule is CC(C)C(=O)N[C@@H]1CC[C@@H](Oc2cccnc2)[C@H](O)[C@H]1N1CCCCC1. The van der Waals surface area contributed by atoms with E-state index in [0.29, 0.717) is 12.2 Å². The summed E-state index contributed by atoms with van der Waals surface area (Å²) in [6, 6.07) is 3.56. The minimum Gasteiger partial charge on any atom is -0.486 e. The fourth-order valence-corrected chi connectivity index (χ4v) is 4.06. The summed E-state index contributed by atoms with van der Waals surface area (Å²) in [5, 5.41) is 14.3. The summed E-state index contributed by atoms with van der Waals surface area (Å²) in [6.07, 6.45) is 7.50. The minimum absolute atomic E-state index is 0.0354. The van der Waals surface area contributed by atoms with Gasteiger partial charge in [0, 0.05) is 18.2 Å². The zero-order valence-corrected chi connectivity index (χ0v) is 15.8. The molecule has 2 fully saturated rings. The predicted octanol–water partition coefficient (Wildman–Crippen LogP) is 1.98. The number of rotatable bonds is 5. The van der Waals surface area contributed by atoms with Crippen molar-refractivity contribution in [2.75, 3.05) is 13.1 Å². The van der Waals surface area contributed by atoms with Crippen molar-refractivity contribution in [2.24, 2.45) is 5.92 Å². The van der Waals surface area contributed by atoms with Gasteiger partial charge in [-0.2, -0.15) is 0 Å². The molecule has 2 N–H and O–H groups in total. The number of aromatic nitrogens is 1. The van der Waals surface area contributed by atoms with Crippen molar-refractivity contribution in [2.45, 2.75) is 70.2 Å². The molecule has 144 valence electrons. The highest BCUT2D eigenvalue weighted by atomic mass is 16.5. The van der Waals surface area contributed by atoms with Gasteiger partial charge in [-0.05, 0) is 50.9 Å². The lowest BCUT2D eigenvalue weighted by Crippen LogP contribution is -2.64. The third kappa shape index (κ3) is 4.54. The molecule has 1 saturated heterocycles. The number of piperidine rings is 1. The van der Waals surface area contributed by atoms with Crippen LogP contribution >= 0.6 is 0 Å². The summed E-state index contributed by atoms with van der Waals surface area (Å²) < 4.78 is 6.04. The van der Waals surface area contributed by atoms with Gasteiger partial charge in [0.1, 0.15) is 18.0 Å². The topological polar surface area (TPSA) is 74.7 Å². The molecule has 2 heterocycles. The second kappa shape index (κ2) is 8.82. The van der Waals surface area contributed by atoms with E-state index in [1.165, 1.54) is 6.42 Å². The average molecular weight is 361 g/mol. The third-order valence-corrected chi connectivity index (χ3v) is 5.49. The van der Waals surface area contributed by atoms with Gasteiger partial charge in [0.15, 0.2) is 0 Å². The Labute approximate surface area is 155 Å². The molecule has 1 aliphatic heterocycles. The Morgan fingerprint density at radius 1 is 1.31 bits per heavy atom. The number of likely N-dealkylation sites (tertiary alicyclic amines) is 1. The summed E-state index contributed by atoms with van der Waals surface area (Å²) in [6.45, 7) is 5.74. The van der Waals surface area contributed by atoms with Crippen LogP contribution < -0.4 is 10.1 Å². The van der Waals surface area contributed by atoms with E-state index in [4.69, 9.17) is 4.74 Å². The van der Waals surface area contributed by atoms with E-state index < -0.39 is 6.10 Å². The number of pyridine rings is 1. The van der Waals surface area contributed by atoms with Crippen molar-refractivity contribution in [3.05, 3.63) is 24.5 Å². The van der Waals surface area contributed by atoms with Crippen molar-refractivity contribution in [3.8, 4) is 5.75 Å². The van der Waals surface area contributed by atoms with Gasteiger partial charge in [0.2, 0.25) is 5.91 Å². The highest BCUT2D eigenvalue weighted by Gasteiger charge is 2.43. The molecule has 0 aromatic carbocycles. The molecule has 0 bridgehead atoms. The largest absolute Gasteiger partial charge is 0.486 e. The molecular weight excluding hydrogens is 330 g/mol. The second-order valence-corrected chi connectivity index (χ2v) is 7.77. The van der Waals surface area contributed by atoms with Crippen LogP contribution in [-0.2, 0) is 4.79 Å². The molecule has 2 aliphatic rings. The Morgan fingerprint density at radius 3 is 2.73 bits per heavy atom. The van der Waals surface area contributed by atoms with E-state index >= 15 is 0 Å². The Morgan fingerprint density at radius 2 is 2.08 bits per heavy atom. The number of nitrogens with zero attached hydrogens (tertiary/aromatic N) is 2. The molecule has 6 nitrogen and oxygen atoms in total. The highest BCUT2D eigenvalue weighted by Crippen LogP contribution is 2.29. The molecule has 1 aliphatic carbocycles. The number of aliphatic hydroxyl groups excluding tert-OH is 1.